The van der Waals surface area contributed by atoms with E-state index < -0.39 is 5.41 Å². The second kappa shape index (κ2) is 5.96. The molecule has 5 rings (SSSR count). The fourth-order valence-electron chi connectivity index (χ4n) is 4.24. The van der Waals surface area contributed by atoms with Gasteiger partial charge in [-0.05, 0) is 34.0 Å². The number of anilines is 1. The summed E-state index contributed by atoms with van der Waals surface area (Å²) in [5.74, 6) is 0. The Balaban J connectivity index is 1.83. The maximum Gasteiger partial charge on any atom is 0.150 e. The molecule has 3 nitrogen and oxygen atoms in total. The van der Waals surface area contributed by atoms with Crippen LogP contribution >= 0.6 is 0 Å². The van der Waals surface area contributed by atoms with Gasteiger partial charge in [0.15, 0.2) is 5.41 Å². The van der Waals surface area contributed by atoms with E-state index in [1.54, 1.807) is 6.20 Å². The molecule has 2 atom stereocenters. The van der Waals surface area contributed by atoms with Gasteiger partial charge in [0.2, 0.25) is 0 Å². The minimum absolute atomic E-state index is 0.221. The summed E-state index contributed by atoms with van der Waals surface area (Å²) in [6.45, 7) is 0. The van der Waals surface area contributed by atoms with Crippen molar-refractivity contribution in [2.75, 3.05) is 5.32 Å². The summed E-state index contributed by atoms with van der Waals surface area (Å²) in [5, 5.41) is 16.4. The van der Waals surface area contributed by atoms with E-state index in [-0.39, 0.29) is 6.04 Å². The molecule has 0 aliphatic carbocycles. The average Bonchev–Trinajstić information content (AvgIpc) is 3.09. The first-order valence-electron chi connectivity index (χ1n) is 9.01. The SMILES string of the molecule is N#C[C@@]1(c2ccccc2)c2ncccc2N[C@H]1c1cccc2ccccc12. The van der Waals surface area contributed by atoms with Crippen LogP contribution in [0.1, 0.15) is 22.9 Å². The van der Waals surface area contributed by atoms with Crippen LogP contribution in [0.15, 0.2) is 91.1 Å². The first-order chi connectivity index (χ1) is 13.3. The van der Waals surface area contributed by atoms with E-state index in [9.17, 15) is 5.26 Å². The Kier molecular flexibility index (Phi) is 3.45. The third-order valence-corrected chi connectivity index (χ3v) is 5.45. The molecule has 1 aliphatic rings. The van der Waals surface area contributed by atoms with Crippen LogP contribution in [0.3, 0.4) is 0 Å². The molecule has 0 amide bonds. The van der Waals surface area contributed by atoms with Gasteiger partial charge in [-0.2, -0.15) is 5.26 Å². The zero-order valence-electron chi connectivity index (χ0n) is 14.6. The van der Waals surface area contributed by atoms with Gasteiger partial charge in [0.1, 0.15) is 0 Å². The molecule has 0 fully saturated rings. The molecular formula is C24H17N3. The zero-order chi connectivity index (χ0) is 18.3. The Labute approximate surface area is 157 Å². The minimum atomic E-state index is -0.887. The number of benzene rings is 3. The summed E-state index contributed by atoms with van der Waals surface area (Å²) in [7, 11) is 0. The van der Waals surface area contributed by atoms with Gasteiger partial charge in [-0.1, -0.05) is 72.8 Å². The highest BCUT2D eigenvalue weighted by molar-refractivity contribution is 5.87. The van der Waals surface area contributed by atoms with E-state index in [0.29, 0.717) is 0 Å². The van der Waals surface area contributed by atoms with Crippen molar-refractivity contribution in [2.45, 2.75) is 11.5 Å². The number of nitrogens with one attached hydrogen (secondary N) is 1. The summed E-state index contributed by atoms with van der Waals surface area (Å²) in [4.78, 5) is 4.63. The van der Waals surface area contributed by atoms with E-state index in [4.69, 9.17) is 0 Å². The normalized spacial score (nSPS) is 20.6. The van der Waals surface area contributed by atoms with Gasteiger partial charge < -0.3 is 5.32 Å². The molecule has 0 saturated carbocycles. The number of hydrogen-bond donors (Lipinski definition) is 1. The lowest BCUT2D eigenvalue weighted by Crippen LogP contribution is -2.33. The largest absolute Gasteiger partial charge is 0.374 e. The predicted molar refractivity (Wildman–Crippen MR) is 107 cm³/mol. The van der Waals surface area contributed by atoms with E-state index in [1.807, 2.05) is 54.6 Å². The highest BCUT2D eigenvalue weighted by Crippen LogP contribution is 2.52. The lowest BCUT2D eigenvalue weighted by atomic mass is 9.71. The second-order valence-corrected chi connectivity index (χ2v) is 6.83. The standard InChI is InChI=1S/C24H17N3/c25-16-24(18-10-2-1-3-11-18)22(27-21-14-7-15-26-23(21)24)20-13-6-9-17-8-4-5-12-19(17)20/h1-15,22,27H/t22-,24-/m0/s1. The van der Waals surface area contributed by atoms with Gasteiger partial charge >= 0.3 is 0 Å². The van der Waals surface area contributed by atoms with Crippen molar-refractivity contribution in [3.8, 4) is 6.07 Å². The first-order valence-corrected chi connectivity index (χ1v) is 9.01. The fraction of sp³-hybridized carbons (Fsp3) is 0.0833. The Morgan fingerprint density at radius 3 is 2.48 bits per heavy atom. The molecule has 1 aliphatic heterocycles. The minimum Gasteiger partial charge on any atom is -0.374 e. The molecule has 1 N–H and O–H groups in total. The van der Waals surface area contributed by atoms with Crippen LogP contribution in [-0.4, -0.2) is 4.98 Å². The summed E-state index contributed by atoms with van der Waals surface area (Å²) in [5.41, 5.74) is 2.88. The van der Waals surface area contributed by atoms with E-state index >= 15 is 0 Å². The first kappa shape index (κ1) is 15.6. The van der Waals surface area contributed by atoms with Crippen LogP contribution in [0.25, 0.3) is 10.8 Å². The van der Waals surface area contributed by atoms with E-state index in [2.05, 4.69) is 46.7 Å². The van der Waals surface area contributed by atoms with Gasteiger partial charge in [0, 0.05) is 6.20 Å². The smallest absolute Gasteiger partial charge is 0.150 e. The Morgan fingerprint density at radius 2 is 1.63 bits per heavy atom. The van der Waals surface area contributed by atoms with Crippen molar-refractivity contribution < 1.29 is 0 Å². The van der Waals surface area contributed by atoms with Crippen molar-refractivity contribution in [3.63, 3.8) is 0 Å². The molecule has 1 aromatic heterocycles. The second-order valence-electron chi connectivity index (χ2n) is 6.83. The lowest BCUT2D eigenvalue weighted by molar-refractivity contribution is 0.577. The molecule has 0 unspecified atom stereocenters. The summed E-state index contributed by atoms with van der Waals surface area (Å²) < 4.78 is 0. The quantitative estimate of drug-likeness (QED) is 0.541. The molecule has 128 valence electrons. The molecule has 27 heavy (non-hydrogen) atoms. The van der Waals surface area contributed by atoms with Gasteiger partial charge in [-0.25, -0.2) is 0 Å². The predicted octanol–water partition coefficient (Wildman–Crippen LogP) is 5.21. The summed E-state index contributed by atoms with van der Waals surface area (Å²) >= 11 is 0. The Bertz CT molecular complexity index is 1170. The third-order valence-electron chi connectivity index (χ3n) is 5.45. The molecule has 3 aromatic carbocycles. The van der Waals surface area contributed by atoms with Crippen LogP contribution < -0.4 is 5.32 Å². The van der Waals surface area contributed by atoms with Crippen LogP contribution in [0.5, 0.6) is 0 Å². The number of fused-ring (bicyclic) bond motifs is 2. The van der Waals surface area contributed by atoms with Crippen LogP contribution in [0.4, 0.5) is 5.69 Å². The maximum absolute atomic E-state index is 10.5. The average molecular weight is 347 g/mol. The third kappa shape index (κ3) is 2.17. The van der Waals surface area contributed by atoms with Crippen molar-refractivity contribution in [1.82, 2.24) is 4.98 Å². The topological polar surface area (TPSA) is 48.7 Å². The molecule has 0 saturated heterocycles. The van der Waals surface area contributed by atoms with Crippen LogP contribution in [-0.2, 0) is 5.41 Å². The van der Waals surface area contributed by atoms with Crippen LogP contribution in [0.2, 0.25) is 0 Å². The van der Waals surface area contributed by atoms with Crippen molar-refractivity contribution in [3.05, 3.63) is 108 Å². The Morgan fingerprint density at radius 1 is 0.852 bits per heavy atom. The van der Waals surface area contributed by atoms with Gasteiger partial charge in [0.05, 0.1) is 23.5 Å². The number of rotatable bonds is 2. The Hall–Kier alpha value is -3.64. The maximum atomic E-state index is 10.5. The van der Waals surface area contributed by atoms with Crippen LogP contribution in [0, 0.1) is 11.3 Å². The molecule has 0 radical (unpaired) electrons. The lowest BCUT2D eigenvalue weighted by Gasteiger charge is -2.30. The molecule has 0 bridgehead atoms. The zero-order valence-corrected chi connectivity index (χ0v) is 14.6. The number of nitriles is 1. The molecule has 2 heterocycles. The van der Waals surface area contributed by atoms with E-state index in [1.165, 1.54) is 5.39 Å². The highest BCUT2D eigenvalue weighted by atomic mass is 15.0. The molecule has 4 aromatic rings. The highest BCUT2D eigenvalue weighted by Gasteiger charge is 2.51. The van der Waals surface area contributed by atoms with E-state index in [0.717, 1.165) is 27.9 Å². The molecule has 3 heteroatoms. The van der Waals surface area contributed by atoms with Crippen molar-refractivity contribution in [1.29, 1.82) is 5.26 Å². The van der Waals surface area contributed by atoms with Gasteiger partial charge in [-0.15, -0.1) is 0 Å². The summed E-state index contributed by atoms with van der Waals surface area (Å²) in [6, 6.07) is 30.9. The van der Waals surface area contributed by atoms with Gasteiger partial charge in [0.25, 0.3) is 0 Å². The number of hydrogen-bond acceptors (Lipinski definition) is 3. The number of aromatic nitrogens is 1. The van der Waals surface area contributed by atoms with Crippen molar-refractivity contribution >= 4 is 16.5 Å². The van der Waals surface area contributed by atoms with Gasteiger partial charge in [-0.3, -0.25) is 4.98 Å². The fourth-order valence-corrected chi connectivity index (χ4v) is 4.24. The monoisotopic (exact) mass is 347 g/mol. The number of pyridine rings is 1. The number of nitrogens with zero attached hydrogens (tertiary/aromatic N) is 2. The molecule has 0 spiro atoms. The summed E-state index contributed by atoms with van der Waals surface area (Å²) in [6.07, 6.45) is 1.76. The molecular weight excluding hydrogens is 330 g/mol. The van der Waals surface area contributed by atoms with Crippen molar-refractivity contribution in [2.24, 2.45) is 0 Å².